The van der Waals surface area contributed by atoms with Crippen molar-refractivity contribution in [2.75, 3.05) is 0 Å². The number of ether oxygens (including phenoxy) is 1. The van der Waals surface area contributed by atoms with Gasteiger partial charge in [-0.25, -0.2) is 12.8 Å². The van der Waals surface area contributed by atoms with Gasteiger partial charge in [0.1, 0.15) is 22.5 Å². The molecule has 0 aromatic heterocycles. The Morgan fingerprint density at radius 3 is 2.43 bits per heavy atom. The van der Waals surface area contributed by atoms with Crippen LogP contribution in [0.25, 0.3) is 0 Å². The van der Waals surface area contributed by atoms with Gasteiger partial charge in [-0.3, -0.25) is 4.79 Å². The number of alkyl halides is 2. The summed E-state index contributed by atoms with van der Waals surface area (Å²) >= 11 is 0. The molecule has 0 fully saturated rings. The van der Waals surface area contributed by atoms with Crippen LogP contribution in [0.2, 0.25) is 0 Å². The van der Waals surface area contributed by atoms with E-state index in [-0.39, 0.29) is 12.3 Å². The summed E-state index contributed by atoms with van der Waals surface area (Å²) in [5, 5.41) is 9.05. The number of hydrogen-bond donors (Lipinski definition) is 2. The van der Waals surface area contributed by atoms with Gasteiger partial charge in [0.2, 0.25) is 10.0 Å². The van der Waals surface area contributed by atoms with Crippen LogP contribution in [-0.4, -0.2) is 32.1 Å². The van der Waals surface area contributed by atoms with Gasteiger partial charge < -0.3 is 9.84 Å². The molecule has 2 N–H and O–H groups in total. The van der Waals surface area contributed by atoms with Crippen molar-refractivity contribution in [3.05, 3.63) is 24.0 Å². The van der Waals surface area contributed by atoms with Crippen LogP contribution in [0.3, 0.4) is 0 Å². The zero-order chi connectivity index (χ0) is 17.8. The fourth-order valence-electron chi connectivity index (χ4n) is 1.81. The second kappa shape index (κ2) is 7.64. The third-order valence-electron chi connectivity index (χ3n) is 2.71. The molecule has 1 atom stereocenters. The Kier molecular flexibility index (Phi) is 6.39. The SMILES string of the molecule is CC(C)C[C@H](NS(=O)(=O)c1cc(F)ccc1OC(F)F)C(=O)O. The molecule has 130 valence electrons. The lowest BCUT2D eigenvalue weighted by Crippen LogP contribution is -2.41. The molecule has 0 aliphatic rings. The number of nitrogens with one attached hydrogen (secondary N) is 1. The molecule has 0 aliphatic carbocycles. The van der Waals surface area contributed by atoms with E-state index >= 15 is 0 Å². The zero-order valence-corrected chi connectivity index (χ0v) is 13.1. The summed E-state index contributed by atoms with van der Waals surface area (Å²) in [6.45, 7) is 0.0375. The Labute approximate surface area is 131 Å². The fourth-order valence-corrected chi connectivity index (χ4v) is 3.15. The number of carboxylic acids is 1. The minimum atomic E-state index is -4.58. The predicted octanol–water partition coefficient (Wildman–Crippen LogP) is 2.20. The van der Waals surface area contributed by atoms with Crippen molar-refractivity contribution in [3.8, 4) is 5.75 Å². The minimum absolute atomic E-state index is 0.0328. The third-order valence-corrected chi connectivity index (χ3v) is 4.21. The van der Waals surface area contributed by atoms with Crippen LogP contribution in [0.15, 0.2) is 23.1 Å². The Morgan fingerprint density at radius 2 is 1.96 bits per heavy atom. The molecule has 0 bridgehead atoms. The van der Waals surface area contributed by atoms with Crippen molar-refractivity contribution in [3.63, 3.8) is 0 Å². The standard InChI is InChI=1S/C13H16F3NO5S/c1-7(2)5-9(12(18)19)17-23(20,21)11-6-8(14)3-4-10(11)22-13(15)16/h3-4,6-7,9,13,17H,5H2,1-2H3,(H,18,19)/t9-/m0/s1. The van der Waals surface area contributed by atoms with Crippen molar-refractivity contribution >= 4 is 16.0 Å². The van der Waals surface area contributed by atoms with Gasteiger partial charge in [0.05, 0.1) is 0 Å². The first-order chi connectivity index (χ1) is 10.5. The van der Waals surface area contributed by atoms with E-state index < -0.39 is 45.1 Å². The number of rotatable bonds is 8. The molecule has 1 aromatic rings. The largest absolute Gasteiger partial charge is 0.480 e. The number of carboxylic acid groups (broad SMARTS) is 1. The molecule has 1 aromatic carbocycles. The summed E-state index contributed by atoms with van der Waals surface area (Å²) in [6, 6.07) is 0.477. The van der Waals surface area contributed by atoms with Gasteiger partial charge in [-0.2, -0.15) is 13.5 Å². The summed E-state index contributed by atoms with van der Waals surface area (Å²) in [5.74, 6) is -3.36. The molecule has 0 unspecified atom stereocenters. The second-order valence-corrected chi connectivity index (χ2v) is 6.79. The van der Waals surface area contributed by atoms with Crippen molar-refractivity contribution in [1.29, 1.82) is 0 Å². The van der Waals surface area contributed by atoms with Crippen LogP contribution >= 0.6 is 0 Å². The summed E-state index contributed by atoms with van der Waals surface area (Å²) < 4.78 is 68.3. The van der Waals surface area contributed by atoms with E-state index in [1.807, 2.05) is 4.72 Å². The van der Waals surface area contributed by atoms with Crippen LogP contribution in [0.5, 0.6) is 5.75 Å². The predicted molar refractivity (Wildman–Crippen MR) is 74.2 cm³/mol. The first-order valence-electron chi connectivity index (χ1n) is 6.52. The lowest BCUT2D eigenvalue weighted by molar-refractivity contribution is -0.139. The first-order valence-corrected chi connectivity index (χ1v) is 8.00. The number of hydrogen-bond acceptors (Lipinski definition) is 4. The molecule has 23 heavy (non-hydrogen) atoms. The average molecular weight is 355 g/mol. The van der Waals surface area contributed by atoms with Crippen LogP contribution < -0.4 is 9.46 Å². The van der Waals surface area contributed by atoms with Crippen molar-refractivity contribution in [1.82, 2.24) is 4.72 Å². The molecule has 0 saturated heterocycles. The summed E-state index contributed by atoms with van der Waals surface area (Å²) in [7, 11) is -4.58. The Balaban J connectivity index is 3.21. The van der Waals surface area contributed by atoms with Crippen molar-refractivity contribution in [2.24, 2.45) is 5.92 Å². The van der Waals surface area contributed by atoms with E-state index in [0.717, 1.165) is 12.1 Å². The van der Waals surface area contributed by atoms with Gasteiger partial charge in [0.25, 0.3) is 0 Å². The van der Waals surface area contributed by atoms with Crippen LogP contribution in [0, 0.1) is 11.7 Å². The number of benzene rings is 1. The van der Waals surface area contributed by atoms with Gasteiger partial charge >= 0.3 is 12.6 Å². The van der Waals surface area contributed by atoms with E-state index in [1.54, 1.807) is 13.8 Å². The molecule has 0 saturated carbocycles. The normalized spacial score (nSPS) is 13.3. The molecular weight excluding hydrogens is 339 g/mol. The maximum Gasteiger partial charge on any atom is 0.387 e. The Morgan fingerprint density at radius 1 is 1.35 bits per heavy atom. The molecule has 0 spiro atoms. The van der Waals surface area contributed by atoms with Crippen LogP contribution in [0.4, 0.5) is 13.2 Å². The topological polar surface area (TPSA) is 92.7 Å². The number of carbonyl (C=O) groups is 1. The zero-order valence-electron chi connectivity index (χ0n) is 12.3. The van der Waals surface area contributed by atoms with E-state index in [0.29, 0.717) is 6.07 Å². The summed E-state index contributed by atoms with van der Waals surface area (Å²) in [4.78, 5) is 10.2. The Hall–Kier alpha value is -1.81. The van der Waals surface area contributed by atoms with E-state index in [4.69, 9.17) is 5.11 Å². The maximum absolute atomic E-state index is 13.3. The fraction of sp³-hybridized carbons (Fsp3) is 0.462. The molecule has 0 aliphatic heterocycles. The van der Waals surface area contributed by atoms with Crippen LogP contribution in [0.1, 0.15) is 20.3 Å². The number of sulfonamides is 1. The smallest absolute Gasteiger partial charge is 0.387 e. The van der Waals surface area contributed by atoms with Gasteiger partial charge in [-0.05, 0) is 30.5 Å². The van der Waals surface area contributed by atoms with Gasteiger partial charge in [-0.1, -0.05) is 13.8 Å². The maximum atomic E-state index is 13.3. The summed E-state index contributed by atoms with van der Waals surface area (Å²) in [5.41, 5.74) is 0. The Bertz CT molecular complexity index is 664. The van der Waals surface area contributed by atoms with Gasteiger partial charge in [0, 0.05) is 0 Å². The molecular formula is C13H16F3NO5S. The van der Waals surface area contributed by atoms with E-state index in [1.165, 1.54) is 0 Å². The summed E-state index contributed by atoms with van der Waals surface area (Å²) in [6.07, 6.45) is -0.0328. The van der Waals surface area contributed by atoms with Gasteiger partial charge in [-0.15, -0.1) is 0 Å². The van der Waals surface area contributed by atoms with Gasteiger partial charge in [0.15, 0.2) is 0 Å². The third kappa shape index (κ3) is 5.71. The lowest BCUT2D eigenvalue weighted by atomic mass is 10.1. The average Bonchev–Trinajstić information content (AvgIpc) is 2.38. The molecule has 10 heteroatoms. The van der Waals surface area contributed by atoms with E-state index in [2.05, 4.69) is 4.74 Å². The molecule has 0 radical (unpaired) electrons. The van der Waals surface area contributed by atoms with Crippen LogP contribution in [-0.2, 0) is 14.8 Å². The number of halogens is 3. The monoisotopic (exact) mass is 355 g/mol. The molecule has 1 rings (SSSR count). The number of aliphatic carboxylic acids is 1. The lowest BCUT2D eigenvalue weighted by Gasteiger charge is -2.18. The van der Waals surface area contributed by atoms with Crippen molar-refractivity contribution in [2.45, 2.75) is 37.8 Å². The molecule has 0 amide bonds. The quantitative estimate of drug-likeness (QED) is 0.746. The highest BCUT2D eigenvalue weighted by Gasteiger charge is 2.29. The molecule has 6 nitrogen and oxygen atoms in total. The van der Waals surface area contributed by atoms with E-state index in [9.17, 15) is 26.4 Å². The van der Waals surface area contributed by atoms with Crippen molar-refractivity contribution < 1.29 is 36.2 Å². The first kappa shape index (κ1) is 19.2. The highest BCUT2D eigenvalue weighted by atomic mass is 32.2. The second-order valence-electron chi connectivity index (χ2n) is 5.11. The highest BCUT2D eigenvalue weighted by Crippen LogP contribution is 2.26. The highest BCUT2D eigenvalue weighted by molar-refractivity contribution is 7.89. The minimum Gasteiger partial charge on any atom is -0.480 e. The molecule has 0 heterocycles.